The van der Waals surface area contributed by atoms with Crippen LogP contribution in [0.15, 0.2) is 24.4 Å². The maximum absolute atomic E-state index is 13.7. The van der Waals surface area contributed by atoms with Crippen molar-refractivity contribution in [3.63, 3.8) is 0 Å². The molecule has 0 spiro atoms. The van der Waals surface area contributed by atoms with E-state index >= 15 is 0 Å². The summed E-state index contributed by atoms with van der Waals surface area (Å²) in [5.74, 6) is -1.16. The van der Waals surface area contributed by atoms with E-state index in [1.807, 2.05) is 33.8 Å². The molecule has 34 heavy (non-hydrogen) atoms. The Morgan fingerprint density at radius 3 is 2.44 bits per heavy atom. The number of carbonyl (C=O) groups excluding carboxylic acids is 1. The molecule has 11 heteroatoms. The number of nitrogens with zero attached hydrogens (tertiary/aromatic N) is 1. The second-order valence-corrected chi connectivity index (χ2v) is 10.2. The van der Waals surface area contributed by atoms with Gasteiger partial charge in [0.2, 0.25) is 0 Å². The first-order valence-electron chi connectivity index (χ1n) is 11.2. The summed E-state index contributed by atoms with van der Waals surface area (Å²) in [5, 5.41) is 3.61. The van der Waals surface area contributed by atoms with E-state index in [-0.39, 0.29) is 11.4 Å². The van der Waals surface area contributed by atoms with Crippen molar-refractivity contribution in [3.8, 4) is 0 Å². The van der Waals surface area contributed by atoms with Gasteiger partial charge in [-0.2, -0.15) is 13.2 Å². The SMILES string of the molecule is CC1(C)OB(c2ccc3c(c2)[nH]c2c(C(N)=O)cnc(NC(C4CC4)C(F)(F)F)c23)OC1(C)C. The Morgan fingerprint density at radius 1 is 1.24 bits per heavy atom. The van der Waals surface area contributed by atoms with Gasteiger partial charge in [0.25, 0.3) is 5.91 Å². The summed E-state index contributed by atoms with van der Waals surface area (Å²) in [6.07, 6.45) is -2.21. The van der Waals surface area contributed by atoms with Gasteiger partial charge in [0.15, 0.2) is 0 Å². The number of nitrogens with one attached hydrogen (secondary N) is 2. The van der Waals surface area contributed by atoms with E-state index in [2.05, 4.69) is 15.3 Å². The normalized spacial score (nSPS) is 20.7. The lowest BCUT2D eigenvalue weighted by molar-refractivity contribution is -0.146. The predicted molar refractivity (Wildman–Crippen MR) is 124 cm³/mol. The summed E-state index contributed by atoms with van der Waals surface area (Å²) >= 11 is 0. The molecular formula is C23H26BF3N4O3. The molecule has 2 aromatic heterocycles. The minimum Gasteiger partial charge on any atom is -0.399 e. The number of fused-ring (bicyclic) bond motifs is 3. The fourth-order valence-corrected chi connectivity index (χ4v) is 4.39. The van der Waals surface area contributed by atoms with E-state index in [0.717, 1.165) is 5.46 Å². The number of rotatable bonds is 5. The highest BCUT2D eigenvalue weighted by molar-refractivity contribution is 6.62. The van der Waals surface area contributed by atoms with Crippen molar-refractivity contribution in [1.29, 1.82) is 0 Å². The van der Waals surface area contributed by atoms with Gasteiger partial charge in [-0.3, -0.25) is 4.79 Å². The smallest absolute Gasteiger partial charge is 0.399 e. The lowest BCUT2D eigenvalue weighted by atomic mass is 9.79. The maximum atomic E-state index is 13.7. The van der Waals surface area contributed by atoms with Crippen molar-refractivity contribution in [3.05, 3.63) is 30.0 Å². The molecule has 1 saturated heterocycles. The second-order valence-electron chi connectivity index (χ2n) is 10.2. The summed E-state index contributed by atoms with van der Waals surface area (Å²) in [7, 11) is -0.614. The first-order valence-corrected chi connectivity index (χ1v) is 11.2. The summed E-state index contributed by atoms with van der Waals surface area (Å²) in [6, 6.07) is 3.68. The molecule has 5 rings (SSSR count). The number of aromatic nitrogens is 2. The van der Waals surface area contributed by atoms with E-state index in [1.54, 1.807) is 12.1 Å². The number of halogens is 3. The largest absolute Gasteiger partial charge is 0.494 e. The zero-order valence-corrected chi connectivity index (χ0v) is 19.3. The molecule has 1 aromatic carbocycles. The Labute approximate surface area is 194 Å². The fraction of sp³-hybridized carbons (Fsp3) is 0.478. The lowest BCUT2D eigenvalue weighted by Crippen LogP contribution is -2.41. The van der Waals surface area contributed by atoms with Crippen molar-refractivity contribution < 1.29 is 27.3 Å². The van der Waals surface area contributed by atoms with Gasteiger partial charge < -0.3 is 25.3 Å². The molecule has 1 atom stereocenters. The number of pyridine rings is 1. The van der Waals surface area contributed by atoms with E-state index < -0.39 is 42.4 Å². The van der Waals surface area contributed by atoms with Crippen LogP contribution >= 0.6 is 0 Å². The average Bonchev–Trinajstić information content (AvgIpc) is 3.43. The minimum absolute atomic E-state index is 0.0591. The molecule has 1 amide bonds. The highest BCUT2D eigenvalue weighted by Gasteiger charge is 2.52. The van der Waals surface area contributed by atoms with Crippen LogP contribution in [0.3, 0.4) is 0 Å². The van der Waals surface area contributed by atoms with Crippen LogP contribution < -0.4 is 16.5 Å². The molecule has 3 heterocycles. The monoisotopic (exact) mass is 474 g/mol. The first kappa shape index (κ1) is 23.0. The van der Waals surface area contributed by atoms with Gasteiger partial charge in [-0.1, -0.05) is 12.1 Å². The number of benzene rings is 1. The van der Waals surface area contributed by atoms with Crippen molar-refractivity contribution >= 4 is 46.1 Å². The molecule has 2 fully saturated rings. The molecule has 1 aliphatic carbocycles. The standard InChI is InChI=1S/C23H26BF3N4O3/c1-21(2)22(3,4)34-24(33-21)12-7-8-13-15(9-12)30-17-14(19(28)32)10-29-20(16(13)17)31-18(11-5-6-11)23(25,26)27/h7-11,18,30H,5-6H2,1-4H3,(H2,28,32)(H,29,31). The summed E-state index contributed by atoms with van der Waals surface area (Å²) in [6.45, 7) is 7.81. The van der Waals surface area contributed by atoms with E-state index in [4.69, 9.17) is 15.0 Å². The van der Waals surface area contributed by atoms with Crippen LogP contribution in [0.1, 0.15) is 50.9 Å². The molecule has 3 aromatic rings. The van der Waals surface area contributed by atoms with Crippen molar-refractivity contribution in [1.82, 2.24) is 9.97 Å². The van der Waals surface area contributed by atoms with E-state index in [9.17, 15) is 18.0 Å². The van der Waals surface area contributed by atoms with Crippen LogP contribution in [0, 0.1) is 5.92 Å². The molecule has 1 unspecified atom stereocenters. The first-order chi connectivity index (χ1) is 15.8. The fourth-order valence-electron chi connectivity index (χ4n) is 4.39. The third-order valence-electron chi connectivity index (χ3n) is 7.18. The number of primary amides is 1. The number of anilines is 1. The summed E-state index contributed by atoms with van der Waals surface area (Å²) in [5.41, 5.74) is 6.27. The Morgan fingerprint density at radius 2 is 1.88 bits per heavy atom. The maximum Gasteiger partial charge on any atom is 0.494 e. The quantitative estimate of drug-likeness (QED) is 0.488. The highest BCUT2D eigenvalue weighted by atomic mass is 19.4. The minimum atomic E-state index is -4.42. The molecule has 2 aliphatic rings. The van der Waals surface area contributed by atoms with Gasteiger partial charge in [-0.15, -0.1) is 0 Å². The molecule has 4 N–H and O–H groups in total. The number of H-pyrrole nitrogens is 1. The number of amides is 1. The van der Waals surface area contributed by atoms with Crippen LogP contribution in [0.4, 0.5) is 19.0 Å². The van der Waals surface area contributed by atoms with Crippen LogP contribution in [-0.2, 0) is 9.31 Å². The van der Waals surface area contributed by atoms with Crippen LogP contribution in [0.5, 0.6) is 0 Å². The summed E-state index contributed by atoms with van der Waals surface area (Å²) in [4.78, 5) is 19.4. The van der Waals surface area contributed by atoms with Gasteiger partial charge in [-0.25, -0.2) is 4.98 Å². The zero-order valence-electron chi connectivity index (χ0n) is 19.3. The molecule has 0 radical (unpaired) electrons. The van der Waals surface area contributed by atoms with Gasteiger partial charge in [0.05, 0.1) is 27.7 Å². The van der Waals surface area contributed by atoms with Crippen LogP contribution in [-0.4, -0.2) is 46.4 Å². The highest BCUT2D eigenvalue weighted by Crippen LogP contribution is 2.43. The summed E-state index contributed by atoms with van der Waals surface area (Å²) < 4.78 is 53.3. The van der Waals surface area contributed by atoms with Gasteiger partial charge in [0.1, 0.15) is 11.9 Å². The number of nitrogens with two attached hydrogens (primary N) is 1. The van der Waals surface area contributed by atoms with Gasteiger partial charge in [0, 0.05) is 17.1 Å². The van der Waals surface area contributed by atoms with Crippen molar-refractivity contribution in [2.45, 2.75) is 64.0 Å². The Balaban J connectivity index is 1.62. The molecular weight excluding hydrogens is 448 g/mol. The molecule has 7 nitrogen and oxygen atoms in total. The molecule has 0 bridgehead atoms. The van der Waals surface area contributed by atoms with Crippen LogP contribution in [0.25, 0.3) is 21.8 Å². The molecule has 1 aliphatic heterocycles. The average molecular weight is 474 g/mol. The molecule has 180 valence electrons. The van der Waals surface area contributed by atoms with E-state index in [1.165, 1.54) is 6.20 Å². The zero-order chi connectivity index (χ0) is 24.6. The third-order valence-corrected chi connectivity index (χ3v) is 7.18. The topological polar surface area (TPSA) is 102 Å². The number of hydrogen-bond donors (Lipinski definition) is 3. The number of carbonyl (C=O) groups is 1. The third kappa shape index (κ3) is 3.71. The molecule has 1 saturated carbocycles. The van der Waals surface area contributed by atoms with Crippen molar-refractivity contribution in [2.24, 2.45) is 11.7 Å². The van der Waals surface area contributed by atoms with Gasteiger partial charge >= 0.3 is 13.3 Å². The Hall–Kier alpha value is -2.79. The van der Waals surface area contributed by atoms with Crippen LogP contribution in [0.2, 0.25) is 0 Å². The second kappa shape index (κ2) is 7.35. The number of aromatic amines is 1. The Bertz CT molecular complexity index is 1280. The number of hydrogen-bond acceptors (Lipinski definition) is 5. The van der Waals surface area contributed by atoms with Crippen molar-refractivity contribution in [2.75, 3.05) is 5.32 Å². The van der Waals surface area contributed by atoms with Gasteiger partial charge in [-0.05, 0) is 58.0 Å². The Kier molecular flexibility index (Phi) is 4.97. The number of alkyl halides is 3. The lowest BCUT2D eigenvalue weighted by Gasteiger charge is -2.32. The predicted octanol–water partition coefficient (Wildman–Crippen LogP) is 3.87. The van der Waals surface area contributed by atoms with E-state index in [0.29, 0.717) is 34.6 Å².